The molecule has 0 spiro atoms. The Balaban J connectivity index is 2.95. The summed E-state index contributed by atoms with van der Waals surface area (Å²) in [5.74, 6) is -0.00178. The third kappa shape index (κ3) is 2.67. The largest absolute Gasteiger partial charge is 0.422 e. The van der Waals surface area contributed by atoms with Crippen molar-refractivity contribution < 1.29 is 9.53 Å². The van der Waals surface area contributed by atoms with Crippen molar-refractivity contribution in [2.45, 2.75) is 0 Å². The summed E-state index contributed by atoms with van der Waals surface area (Å²) in [6, 6.07) is 5.31. The summed E-state index contributed by atoms with van der Waals surface area (Å²) in [5, 5.41) is 0. The molecular weight excluding hydrogens is 300 g/mol. The molecule has 0 aliphatic rings. The summed E-state index contributed by atoms with van der Waals surface area (Å²) < 4.78 is 6.49. The molecule has 0 N–H and O–H groups in total. The molecule has 1 aromatic rings. The van der Waals surface area contributed by atoms with Crippen molar-refractivity contribution >= 4 is 37.8 Å². The van der Waals surface area contributed by atoms with Crippen LogP contribution < -0.4 is 4.74 Å². The van der Waals surface area contributed by atoms with Crippen LogP contribution in [0.3, 0.4) is 0 Å². The smallest absolute Gasteiger partial charge is 0.335 e. The SMILES string of the molecule is C=CC(=O)Oc1cccc(Br)c1Br. The predicted molar refractivity (Wildman–Crippen MR) is 57.7 cm³/mol. The quantitative estimate of drug-likeness (QED) is 0.476. The zero-order valence-electron chi connectivity index (χ0n) is 6.59. The maximum atomic E-state index is 10.9. The number of carbonyl (C=O) groups excluding carboxylic acids is 1. The standard InChI is InChI=1S/C9H6Br2O2/c1-2-8(12)13-7-5-3-4-6(10)9(7)11/h2-5H,1H2. The van der Waals surface area contributed by atoms with Gasteiger partial charge in [0.2, 0.25) is 0 Å². The second kappa shape index (κ2) is 4.58. The van der Waals surface area contributed by atoms with Gasteiger partial charge in [-0.25, -0.2) is 4.79 Å². The van der Waals surface area contributed by atoms with E-state index in [1.165, 1.54) is 0 Å². The topological polar surface area (TPSA) is 26.3 Å². The van der Waals surface area contributed by atoms with E-state index in [0.717, 1.165) is 10.5 Å². The van der Waals surface area contributed by atoms with Gasteiger partial charge in [-0.1, -0.05) is 12.6 Å². The van der Waals surface area contributed by atoms with Crippen LogP contribution in [0.4, 0.5) is 0 Å². The highest BCUT2D eigenvalue weighted by Crippen LogP contribution is 2.32. The van der Waals surface area contributed by atoms with E-state index in [-0.39, 0.29) is 0 Å². The number of ether oxygens (including phenoxy) is 1. The maximum absolute atomic E-state index is 10.9. The van der Waals surface area contributed by atoms with E-state index >= 15 is 0 Å². The highest BCUT2D eigenvalue weighted by molar-refractivity contribution is 9.13. The van der Waals surface area contributed by atoms with E-state index in [2.05, 4.69) is 38.4 Å². The van der Waals surface area contributed by atoms with Crippen LogP contribution >= 0.6 is 31.9 Å². The van der Waals surface area contributed by atoms with Crippen LogP contribution in [0.2, 0.25) is 0 Å². The fraction of sp³-hybridized carbons (Fsp3) is 0. The zero-order chi connectivity index (χ0) is 9.84. The number of carbonyl (C=O) groups is 1. The number of esters is 1. The van der Waals surface area contributed by atoms with Gasteiger partial charge in [-0.3, -0.25) is 0 Å². The maximum Gasteiger partial charge on any atom is 0.335 e. The Hall–Kier alpha value is -0.610. The van der Waals surface area contributed by atoms with Gasteiger partial charge in [0.1, 0.15) is 5.75 Å². The normalized spacial score (nSPS) is 9.38. The fourth-order valence-electron chi connectivity index (χ4n) is 0.713. The number of hydrogen-bond acceptors (Lipinski definition) is 2. The van der Waals surface area contributed by atoms with Crippen molar-refractivity contribution in [3.8, 4) is 5.75 Å². The second-order valence-corrected chi connectivity index (χ2v) is 3.82. The van der Waals surface area contributed by atoms with Crippen LogP contribution in [0.15, 0.2) is 39.8 Å². The molecular formula is C9H6Br2O2. The van der Waals surface area contributed by atoms with Crippen LogP contribution in [0, 0.1) is 0 Å². The van der Waals surface area contributed by atoms with E-state index in [1.54, 1.807) is 12.1 Å². The van der Waals surface area contributed by atoms with Crippen molar-refractivity contribution in [1.29, 1.82) is 0 Å². The van der Waals surface area contributed by atoms with Crippen LogP contribution in [0.5, 0.6) is 5.75 Å². The summed E-state index contributed by atoms with van der Waals surface area (Å²) in [4.78, 5) is 10.9. The molecule has 0 amide bonds. The molecule has 0 saturated heterocycles. The lowest BCUT2D eigenvalue weighted by Crippen LogP contribution is -2.03. The van der Waals surface area contributed by atoms with Gasteiger partial charge in [0.15, 0.2) is 0 Å². The first-order chi connectivity index (χ1) is 6.15. The average molecular weight is 306 g/mol. The molecule has 0 fully saturated rings. The van der Waals surface area contributed by atoms with Gasteiger partial charge in [0.25, 0.3) is 0 Å². The molecule has 1 rings (SSSR count). The first-order valence-corrected chi connectivity index (χ1v) is 5.02. The minimum absolute atomic E-state index is 0.472. The number of hydrogen-bond donors (Lipinski definition) is 0. The Kier molecular flexibility index (Phi) is 3.69. The first kappa shape index (κ1) is 10.5. The highest BCUT2D eigenvalue weighted by atomic mass is 79.9. The Morgan fingerprint density at radius 2 is 2.15 bits per heavy atom. The summed E-state index contributed by atoms with van der Waals surface area (Å²) in [7, 11) is 0. The van der Waals surface area contributed by atoms with Crippen molar-refractivity contribution in [1.82, 2.24) is 0 Å². The molecule has 4 heteroatoms. The second-order valence-electron chi connectivity index (χ2n) is 2.18. The molecule has 0 radical (unpaired) electrons. The van der Waals surface area contributed by atoms with Gasteiger partial charge in [0, 0.05) is 10.5 Å². The van der Waals surface area contributed by atoms with Gasteiger partial charge in [0.05, 0.1) is 4.47 Å². The molecule has 0 unspecified atom stereocenters. The lowest BCUT2D eigenvalue weighted by atomic mass is 10.3. The Labute approximate surface area is 92.8 Å². The van der Waals surface area contributed by atoms with Crippen LogP contribution in [0.25, 0.3) is 0 Å². The van der Waals surface area contributed by atoms with Crippen molar-refractivity contribution in [3.05, 3.63) is 39.8 Å². The summed E-state index contributed by atoms with van der Waals surface area (Å²) in [6.45, 7) is 3.31. The molecule has 2 nitrogen and oxygen atoms in total. The van der Waals surface area contributed by atoms with Gasteiger partial charge >= 0.3 is 5.97 Å². The third-order valence-electron chi connectivity index (χ3n) is 1.29. The zero-order valence-corrected chi connectivity index (χ0v) is 9.76. The van der Waals surface area contributed by atoms with Crippen LogP contribution in [0.1, 0.15) is 0 Å². The molecule has 0 heterocycles. The third-order valence-corrected chi connectivity index (χ3v) is 3.30. The molecule has 0 bridgehead atoms. The molecule has 68 valence electrons. The van der Waals surface area contributed by atoms with E-state index in [9.17, 15) is 4.79 Å². The highest BCUT2D eigenvalue weighted by Gasteiger charge is 2.06. The fourth-order valence-corrected chi connectivity index (χ4v) is 1.41. The minimum atomic E-state index is -0.473. The first-order valence-electron chi connectivity index (χ1n) is 3.43. The van der Waals surface area contributed by atoms with E-state index < -0.39 is 5.97 Å². The summed E-state index contributed by atoms with van der Waals surface area (Å²) >= 11 is 6.57. The molecule has 0 atom stereocenters. The molecule has 1 aromatic carbocycles. The van der Waals surface area contributed by atoms with E-state index in [0.29, 0.717) is 10.2 Å². The van der Waals surface area contributed by atoms with Crippen molar-refractivity contribution in [2.75, 3.05) is 0 Å². The molecule has 0 aromatic heterocycles. The van der Waals surface area contributed by atoms with Crippen molar-refractivity contribution in [3.63, 3.8) is 0 Å². The van der Waals surface area contributed by atoms with E-state index in [1.807, 2.05) is 6.07 Å². The molecule has 0 aliphatic heterocycles. The van der Waals surface area contributed by atoms with Gasteiger partial charge in [-0.15, -0.1) is 0 Å². The van der Waals surface area contributed by atoms with Gasteiger partial charge in [-0.05, 0) is 44.0 Å². The van der Waals surface area contributed by atoms with Crippen LogP contribution in [-0.2, 0) is 4.79 Å². The van der Waals surface area contributed by atoms with Gasteiger partial charge in [-0.2, -0.15) is 0 Å². The lowest BCUT2D eigenvalue weighted by molar-refractivity contribution is -0.129. The van der Waals surface area contributed by atoms with Crippen molar-refractivity contribution in [2.24, 2.45) is 0 Å². The summed E-state index contributed by atoms with van der Waals surface area (Å²) in [5.41, 5.74) is 0. The van der Waals surface area contributed by atoms with Crippen LogP contribution in [-0.4, -0.2) is 5.97 Å². The number of halogens is 2. The number of benzene rings is 1. The monoisotopic (exact) mass is 304 g/mol. The lowest BCUT2D eigenvalue weighted by Gasteiger charge is -2.04. The Morgan fingerprint density at radius 1 is 1.46 bits per heavy atom. The predicted octanol–water partition coefficient (Wildman–Crippen LogP) is 3.30. The Bertz CT molecular complexity index is 347. The average Bonchev–Trinajstić information content (AvgIpc) is 2.13. The Morgan fingerprint density at radius 3 is 2.77 bits per heavy atom. The molecule has 0 aliphatic carbocycles. The van der Waals surface area contributed by atoms with E-state index in [4.69, 9.17) is 4.74 Å². The minimum Gasteiger partial charge on any atom is -0.422 e. The number of rotatable bonds is 2. The van der Waals surface area contributed by atoms with Gasteiger partial charge < -0.3 is 4.74 Å². The molecule has 13 heavy (non-hydrogen) atoms. The summed E-state index contributed by atoms with van der Waals surface area (Å²) in [6.07, 6.45) is 1.12. The molecule has 0 saturated carbocycles.